The predicted molar refractivity (Wildman–Crippen MR) is 113 cm³/mol. The van der Waals surface area contributed by atoms with Gasteiger partial charge in [-0.05, 0) is 31.7 Å². The first-order valence-electron chi connectivity index (χ1n) is 10.5. The molecule has 3 unspecified atom stereocenters. The third-order valence-electron chi connectivity index (χ3n) is 5.67. The summed E-state index contributed by atoms with van der Waals surface area (Å²) in [4.78, 5) is 29.0. The summed E-state index contributed by atoms with van der Waals surface area (Å²) >= 11 is 0. The Labute approximate surface area is 169 Å². The van der Waals surface area contributed by atoms with Crippen LogP contribution in [-0.2, 0) is 9.59 Å². The van der Waals surface area contributed by atoms with Gasteiger partial charge in [0, 0.05) is 38.8 Å². The Kier molecular flexibility index (Phi) is 8.93. The molecule has 6 heteroatoms. The van der Waals surface area contributed by atoms with E-state index in [-0.39, 0.29) is 23.9 Å². The van der Waals surface area contributed by atoms with Crippen molar-refractivity contribution < 1.29 is 9.59 Å². The third kappa shape index (κ3) is 6.91. The average molecular weight is 389 g/mol. The second kappa shape index (κ2) is 11.2. The molecule has 0 spiro atoms. The molecule has 0 bridgehead atoms. The fraction of sp³-hybridized carbons (Fsp3) is 0.636. The summed E-state index contributed by atoms with van der Waals surface area (Å²) in [7, 11) is 0. The minimum absolute atomic E-state index is 0.0748. The monoisotopic (exact) mass is 388 g/mol. The zero-order valence-corrected chi connectivity index (χ0v) is 17.8. The maximum absolute atomic E-state index is 12.6. The van der Waals surface area contributed by atoms with Gasteiger partial charge in [0.2, 0.25) is 11.8 Å². The van der Waals surface area contributed by atoms with Crippen LogP contribution in [0.15, 0.2) is 30.3 Å². The number of amides is 2. The minimum Gasteiger partial charge on any atom is -0.354 e. The van der Waals surface area contributed by atoms with Crippen LogP contribution in [0.5, 0.6) is 0 Å². The molecule has 0 saturated carbocycles. The quantitative estimate of drug-likeness (QED) is 0.677. The van der Waals surface area contributed by atoms with Gasteiger partial charge in [-0.2, -0.15) is 0 Å². The summed E-state index contributed by atoms with van der Waals surface area (Å²) in [5.41, 5.74) is 1.24. The maximum Gasteiger partial charge on any atom is 0.237 e. The molecule has 156 valence electrons. The van der Waals surface area contributed by atoms with Crippen LogP contribution < -0.4 is 10.6 Å². The lowest BCUT2D eigenvalue weighted by atomic mass is 10.0. The number of nitrogens with zero attached hydrogens (tertiary/aromatic N) is 2. The number of carbonyl (C=O) groups excluding carboxylic acids is 2. The van der Waals surface area contributed by atoms with Crippen LogP contribution >= 0.6 is 0 Å². The molecule has 2 rings (SSSR count). The van der Waals surface area contributed by atoms with E-state index in [1.54, 1.807) is 0 Å². The lowest BCUT2D eigenvalue weighted by Gasteiger charge is -2.37. The number of rotatable bonds is 9. The van der Waals surface area contributed by atoms with Gasteiger partial charge in [-0.15, -0.1) is 0 Å². The van der Waals surface area contributed by atoms with Crippen molar-refractivity contribution in [1.29, 1.82) is 0 Å². The summed E-state index contributed by atoms with van der Waals surface area (Å²) in [6, 6.07) is 10.3. The van der Waals surface area contributed by atoms with Gasteiger partial charge in [0.15, 0.2) is 0 Å². The number of nitrogens with one attached hydrogen (secondary N) is 2. The first kappa shape index (κ1) is 22.4. The Bertz CT molecular complexity index is 614. The highest BCUT2D eigenvalue weighted by atomic mass is 16.2. The highest BCUT2D eigenvalue weighted by Crippen LogP contribution is 2.13. The molecular weight excluding hydrogens is 352 g/mol. The van der Waals surface area contributed by atoms with Gasteiger partial charge < -0.3 is 10.6 Å². The minimum atomic E-state index is -0.154. The predicted octanol–water partition coefficient (Wildman–Crippen LogP) is 1.83. The van der Waals surface area contributed by atoms with E-state index in [9.17, 15) is 9.59 Å². The summed E-state index contributed by atoms with van der Waals surface area (Å²) < 4.78 is 0. The molecule has 1 aromatic rings. The summed E-state index contributed by atoms with van der Waals surface area (Å²) in [6.45, 7) is 12.5. The highest BCUT2D eigenvalue weighted by Gasteiger charge is 2.26. The standard InChI is InChI=1S/C22H36N4O2/c1-5-18(3)24-21(27)16-25-11-13-26(14-12-25)19(4)22(28)23-15-17(2)20-9-7-6-8-10-20/h6-10,17-19H,5,11-16H2,1-4H3,(H,23,28)(H,24,27). The zero-order valence-electron chi connectivity index (χ0n) is 17.8. The van der Waals surface area contributed by atoms with Crippen LogP contribution in [0, 0.1) is 0 Å². The number of carbonyl (C=O) groups is 2. The first-order chi connectivity index (χ1) is 13.4. The molecule has 1 saturated heterocycles. The Morgan fingerprint density at radius 2 is 1.68 bits per heavy atom. The van der Waals surface area contributed by atoms with E-state index in [0.717, 1.165) is 32.6 Å². The lowest BCUT2D eigenvalue weighted by molar-refractivity contribution is -0.128. The molecule has 1 aliphatic heterocycles. The van der Waals surface area contributed by atoms with Gasteiger partial charge in [-0.3, -0.25) is 19.4 Å². The van der Waals surface area contributed by atoms with Crippen molar-refractivity contribution in [2.24, 2.45) is 0 Å². The molecule has 1 aromatic carbocycles. The Morgan fingerprint density at radius 3 is 2.29 bits per heavy atom. The highest BCUT2D eigenvalue weighted by molar-refractivity contribution is 5.81. The van der Waals surface area contributed by atoms with E-state index in [2.05, 4.69) is 46.4 Å². The molecule has 2 N–H and O–H groups in total. The zero-order chi connectivity index (χ0) is 20.5. The fourth-order valence-electron chi connectivity index (χ4n) is 3.40. The molecule has 0 aliphatic carbocycles. The number of benzene rings is 1. The fourth-order valence-corrected chi connectivity index (χ4v) is 3.40. The van der Waals surface area contributed by atoms with Crippen LogP contribution in [0.4, 0.5) is 0 Å². The van der Waals surface area contributed by atoms with Crippen molar-refractivity contribution in [3.05, 3.63) is 35.9 Å². The third-order valence-corrected chi connectivity index (χ3v) is 5.67. The van der Waals surface area contributed by atoms with Crippen molar-refractivity contribution in [1.82, 2.24) is 20.4 Å². The van der Waals surface area contributed by atoms with Crippen molar-refractivity contribution >= 4 is 11.8 Å². The van der Waals surface area contributed by atoms with Crippen LogP contribution in [0.1, 0.15) is 45.6 Å². The number of hydrogen-bond acceptors (Lipinski definition) is 4. The molecule has 1 heterocycles. The Balaban J connectivity index is 1.71. The number of piperazine rings is 1. The van der Waals surface area contributed by atoms with Gasteiger partial charge in [-0.25, -0.2) is 0 Å². The van der Waals surface area contributed by atoms with E-state index < -0.39 is 0 Å². The largest absolute Gasteiger partial charge is 0.354 e. The van der Waals surface area contributed by atoms with Crippen molar-refractivity contribution in [3.8, 4) is 0 Å². The van der Waals surface area contributed by atoms with E-state index in [1.165, 1.54) is 5.56 Å². The number of hydrogen-bond donors (Lipinski definition) is 2. The van der Waals surface area contributed by atoms with Crippen molar-refractivity contribution in [2.45, 2.75) is 52.1 Å². The smallest absolute Gasteiger partial charge is 0.237 e. The van der Waals surface area contributed by atoms with E-state index >= 15 is 0 Å². The first-order valence-corrected chi connectivity index (χ1v) is 10.5. The molecule has 28 heavy (non-hydrogen) atoms. The molecule has 0 radical (unpaired) electrons. The molecular formula is C22H36N4O2. The van der Waals surface area contributed by atoms with E-state index in [4.69, 9.17) is 0 Å². The van der Waals surface area contributed by atoms with Gasteiger partial charge in [0.1, 0.15) is 0 Å². The van der Waals surface area contributed by atoms with Crippen molar-refractivity contribution in [2.75, 3.05) is 39.3 Å². The summed E-state index contributed by atoms with van der Waals surface area (Å²) in [6.07, 6.45) is 0.940. The lowest BCUT2D eigenvalue weighted by Crippen LogP contribution is -2.55. The summed E-state index contributed by atoms with van der Waals surface area (Å²) in [5.74, 6) is 0.451. The molecule has 1 aliphatic rings. The topological polar surface area (TPSA) is 64.7 Å². The Hall–Kier alpha value is -1.92. The van der Waals surface area contributed by atoms with Gasteiger partial charge in [-0.1, -0.05) is 44.2 Å². The average Bonchev–Trinajstić information content (AvgIpc) is 2.72. The molecule has 2 amide bonds. The van der Waals surface area contributed by atoms with E-state index in [1.807, 2.05) is 32.0 Å². The summed E-state index contributed by atoms with van der Waals surface area (Å²) in [5, 5.41) is 6.10. The van der Waals surface area contributed by atoms with Crippen molar-refractivity contribution in [3.63, 3.8) is 0 Å². The van der Waals surface area contributed by atoms with Crippen LogP contribution in [0.25, 0.3) is 0 Å². The van der Waals surface area contributed by atoms with E-state index in [0.29, 0.717) is 19.0 Å². The maximum atomic E-state index is 12.6. The van der Waals surface area contributed by atoms with Gasteiger partial charge >= 0.3 is 0 Å². The SMILES string of the molecule is CCC(C)NC(=O)CN1CCN(C(C)C(=O)NCC(C)c2ccccc2)CC1. The second-order valence-electron chi connectivity index (χ2n) is 7.92. The molecule has 1 fully saturated rings. The molecule has 6 nitrogen and oxygen atoms in total. The van der Waals surface area contributed by atoms with Crippen LogP contribution in [-0.4, -0.2) is 73.0 Å². The molecule has 3 atom stereocenters. The molecule has 0 aromatic heterocycles. The van der Waals surface area contributed by atoms with Crippen LogP contribution in [0.2, 0.25) is 0 Å². The van der Waals surface area contributed by atoms with Gasteiger partial charge in [0.25, 0.3) is 0 Å². The Morgan fingerprint density at radius 1 is 1.04 bits per heavy atom. The van der Waals surface area contributed by atoms with Crippen LogP contribution in [0.3, 0.4) is 0 Å². The van der Waals surface area contributed by atoms with Gasteiger partial charge in [0.05, 0.1) is 12.6 Å². The second-order valence-corrected chi connectivity index (χ2v) is 7.92. The normalized spacial score (nSPS) is 18.9.